The monoisotopic (exact) mass is 457 g/mol. The van der Waals surface area contributed by atoms with E-state index in [1.807, 2.05) is 0 Å². The Hall–Kier alpha value is -3.88. The fraction of sp³-hybridized carbons (Fsp3) is 0.167. The SMILES string of the molecule is O=C(Nc1ccc(N2CCCN(Cc3cc(F)cc(F)c3)C2=O)cc1)c1c(F)cccc1F. The minimum absolute atomic E-state index is 0.0619. The molecular weight excluding hydrogens is 438 g/mol. The number of nitrogens with zero attached hydrogens (tertiary/aromatic N) is 2. The molecule has 0 unspecified atom stereocenters. The number of anilines is 2. The van der Waals surface area contributed by atoms with E-state index in [4.69, 9.17) is 0 Å². The predicted molar refractivity (Wildman–Crippen MR) is 115 cm³/mol. The van der Waals surface area contributed by atoms with Crippen molar-refractivity contribution in [2.75, 3.05) is 23.3 Å². The van der Waals surface area contributed by atoms with Crippen LogP contribution in [0.1, 0.15) is 22.3 Å². The van der Waals surface area contributed by atoms with Crippen LogP contribution in [0.5, 0.6) is 0 Å². The number of hydrogen-bond acceptors (Lipinski definition) is 2. The van der Waals surface area contributed by atoms with E-state index < -0.39 is 34.7 Å². The Morgan fingerprint density at radius 3 is 2.15 bits per heavy atom. The molecule has 3 amide bonds. The van der Waals surface area contributed by atoms with Crippen molar-refractivity contribution >= 4 is 23.3 Å². The first-order valence-electron chi connectivity index (χ1n) is 10.2. The summed E-state index contributed by atoms with van der Waals surface area (Å²) in [6.45, 7) is 0.946. The molecule has 1 saturated heterocycles. The standard InChI is InChI=1S/C24H19F4N3O2/c25-16-11-15(12-17(26)13-16)14-30-9-2-10-31(24(30)33)19-7-5-18(6-8-19)29-23(32)22-20(27)3-1-4-21(22)28/h1,3-8,11-13H,2,9-10,14H2,(H,29,32). The van der Waals surface area contributed by atoms with Gasteiger partial charge in [-0.25, -0.2) is 22.4 Å². The summed E-state index contributed by atoms with van der Waals surface area (Å²) in [6.07, 6.45) is 0.647. The number of rotatable bonds is 5. The van der Waals surface area contributed by atoms with Crippen LogP contribution in [0, 0.1) is 23.3 Å². The lowest BCUT2D eigenvalue weighted by molar-refractivity contribution is 0.101. The molecule has 0 saturated carbocycles. The highest BCUT2D eigenvalue weighted by Gasteiger charge is 2.27. The molecule has 1 aliphatic rings. The van der Waals surface area contributed by atoms with Crippen LogP contribution in [0.3, 0.4) is 0 Å². The molecule has 1 N–H and O–H groups in total. The zero-order valence-electron chi connectivity index (χ0n) is 17.3. The Morgan fingerprint density at radius 2 is 1.52 bits per heavy atom. The van der Waals surface area contributed by atoms with Gasteiger partial charge in [0.2, 0.25) is 0 Å². The van der Waals surface area contributed by atoms with Crippen LogP contribution >= 0.6 is 0 Å². The summed E-state index contributed by atoms with van der Waals surface area (Å²) in [5.74, 6) is -4.29. The third-order valence-corrected chi connectivity index (χ3v) is 5.23. The minimum atomic E-state index is -0.971. The molecule has 3 aromatic rings. The van der Waals surface area contributed by atoms with Crippen LogP contribution < -0.4 is 10.2 Å². The normalized spacial score (nSPS) is 13.9. The molecular formula is C24H19F4N3O2. The van der Waals surface area contributed by atoms with Crippen molar-refractivity contribution in [1.82, 2.24) is 4.90 Å². The maximum absolute atomic E-state index is 13.8. The molecule has 0 spiro atoms. The summed E-state index contributed by atoms with van der Waals surface area (Å²) >= 11 is 0. The smallest absolute Gasteiger partial charge is 0.322 e. The third kappa shape index (κ3) is 4.97. The molecule has 170 valence electrons. The summed E-state index contributed by atoms with van der Waals surface area (Å²) in [6, 6.07) is 12.2. The Kier molecular flexibility index (Phi) is 6.30. The number of halogens is 4. The maximum Gasteiger partial charge on any atom is 0.324 e. The fourth-order valence-electron chi connectivity index (χ4n) is 3.72. The lowest BCUT2D eigenvalue weighted by atomic mass is 10.1. The molecule has 0 aromatic heterocycles. The number of carbonyl (C=O) groups is 2. The molecule has 33 heavy (non-hydrogen) atoms. The molecule has 9 heteroatoms. The number of carbonyl (C=O) groups excluding carboxylic acids is 2. The quantitative estimate of drug-likeness (QED) is 0.527. The van der Waals surface area contributed by atoms with Crippen molar-refractivity contribution in [2.45, 2.75) is 13.0 Å². The first-order valence-corrected chi connectivity index (χ1v) is 10.2. The number of amides is 3. The van der Waals surface area contributed by atoms with Gasteiger partial charge in [0.1, 0.15) is 28.8 Å². The van der Waals surface area contributed by atoms with Gasteiger partial charge in [-0.3, -0.25) is 9.69 Å². The highest BCUT2D eigenvalue weighted by atomic mass is 19.1. The largest absolute Gasteiger partial charge is 0.324 e. The van der Waals surface area contributed by atoms with Crippen molar-refractivity contribution in [3.05, 3.63) is 95.1 Å². The van der Waals surface area contributed by atoms with Crippen LogP contribution in [0.25, 0.3) is 0 Å². The molecule has 0 aliphatic carbocycles. The van der Waals surface area contributed by atoms with Gasteiger partial charge in [0, 0.05) is 37.1 Å². The molecule has 0 radical (unpaired) electrons. The van der Waals surface area contributed by atoms with Crippen molar-refractivity contribution in [2.24, 2.45) is 0 Å². The average Bonchev–Trinajstić information content (AvgIpc) is 2.75. The number of urea groups is 1. The predicted octanol–water partition coefficient (Wildman–Crippen LogP) is 5.33. The second kappa shape index (κ2) is 9.32. The molecule has 1 aliphatic heterocycles. The Labute approximate surface area is 187 Å². The molecule has 5 nitrogen and oxygen atoms in total. The topological polar surface area (TPSA) is 52.7 Å². The molecule has 0 bridgehead atoms. The zero-order chi connectivity index (χ0) is 23.5. The van der Waals surface area contributed by atoms with Gasteiger partial charge in [-0.15, -0.1) is 0 Å². The Bertz CT molecular complexity index is 1160. The third-order valence-electron chi connectivity index (χ3n) is 5.23. The van der Waals surface area contributed by atoms with Gasteiger partial charge in [-0.05, 0) is 60.5 Å². The van der Waals surface area contributed by atoms with E-state index in [0.717, 1.165) is 18.2 Å². The maximum atomic E-state index is 13.8. The van der Waals surface area contributed by atoms with Gasteiger partial charge < -0.3 is 10.2 Å². The van der Waals surface area contributed by atoms with Gasteiger partial charge >= 0.3 is 6.03 Å². The summed E-state index contributed by atoms with van der Waals surface area (Å²) in [7, 11) is 0. The van der Waals surface area contributed by atoms with E-state index in [1.165, 1.54) is 40.1 Å². The van der Waals surface area contributed by atoms with Gasteiger partial charge in [0.25, 0.3) is 5.91 Å². The van der Waals surface area contributed by atoms with E-state index in [9.17, 15) is 27.2 Å². The lowest BCUT2D eigenvalue weighted by Gasteiger charge is -2.35. The summed E-state index contributed by atoms with van der Waals surface area (Å²) in [4.78, 5) is 28.2. The molecule has 1 heterocycles. The average molecular weight is 457 g/mol. The zero-order valence-corrected chi connectivity index (χ0v) is 17.3. The first kappa shape index (κ1) is 22.3. The van der Waals surface area contributed by atoms with Crippen LogP contribution in [-0.4, -0.2) is 29.9 Å². The Morgan fingerprint density at radius 1 is 0.879 bits per heavy atom. The van der Waals surface area contributed by atoms with E-state index in [1.54, 1.807) is 12.1 Å². The number of benzene rings is 3. The second-order valence-corrected chi connectivity index (χ2v) is 7.58. The highest BCUT2D eigenvalue weighted by molar-refractivity contribution is 6.04. The number of hydrogen-bond donors (Lipinski definition) is 1. The van der Waals surface area contributed by atoms with Crippen LogP contribution in [0.4, 0.5) is 33.7 Å². The lowest BCUT2D eigenvalue weighted by Crippen LogP contribution is -2.49. The van der Waals surface area contributed by atoms with Crippen LogP contribution in [0.15, 0.2) is 60.7 Å². The van der Waals surface area contributed by atoms with Crippen molar-refractivity contribution < 1.29 is 27.2 Å². The van der Waals surface area contributed by atoms with E-state index in [0.29, 0.717) is 36.4 Å². The fourth-order valence-corrected chi connectivity index (χ4v) is 3.72. The second-order valence-electron chi connectivity index (χ2n) is 7.58. The molecule has 3 aromatic carbocycles. The van der Waals surface area contributed by atoms with Crippen molar-refractivity contribution in [1.29, 1.82) is 0 Å². The van der Waals surface area contributed by atoms with Gasteiger partial charge in [-0.2, -0.15) is 0 Å². The van der Waals surface area contributed by atoms with E-state index in [2.05, 4.69) is 5.32 Å². The van der Waals surface area contributed by atoms with Gasteiger partial charge in [0.05, 0.1) is 0 Å². The van der Waals surface area contributed by atoms with Crippen LogP contribution in [0.2, 0.25) is 0 Å². The Balaban J connectivity index is 1.45. The first-order chi connectivity index (χ1) is 15.8. The van der Waals surface area contributed by atoms with Crippen LogP contribution in [-0.2, 0) is 6.54 Å². The summed E-state index contributed by atoms with van der Waals surface area (Å²) in [5, 5.41) is 2.43. The van der Waals surface area contributed by atoms with E-state index in [-0.39, 0.29) is 12.6 Å². The summed E-state index contributed by atoms with van der Waals surface area (Å²) < 4.78 is 54.6. The van der Waals surface area contributed by atoms with E-state index >= 15 is 0 Å². The van der Waals surface area contributed by atoms with Gasteiger partial charge in [-0.1, -0.05) is 6.07 Å². The van der Waals surface area contributed by atoms with Gasteiger partial charge in [0.15, 0.2) is 0 Å². The molecule has 1 fully saturated rings. The van der Waals surface area contributed by atoms with Crippen molar-refractivity contribution in [3.63, 3.8) is 0 Å². The number of nitrogens with one attached hydrogen (secondary N) is 1. The summed E-state index contributed by atoms with van der Waals surface area (Å²) in [5.41, 5.74) is 0.506. The molecule has 4 rings (SSSR count). The van der Waals surface area contributed by atoms with Crippen molar-refractivity contribution in [3.8, 4) is 0 Å². The highest BCUT2D eigenvalue weighted by Crippen LogP contribution is 2.24. The minimum Gasteiger partial charge on any atom is -0.322 e. The molecule has 0 atom stereocenters.